The monoisotopic (exact) mass is 232 g/mol. The molecule has 1 atom stereocenters. The molecule has 1 heterocycles. The third kappa shape index (κ3) is 2.61. The van der Waals surface area contributed by atoms with Gasteiger partial charge in [0.1, 0.15) is 11.9 Å². The number of ether oxygens (including phenoxy) is 1. The molecule has 1 aromatic rings. The van der Waals surface area contributed by atoms with E-state index in [1.54, 1.807) is 18.2 Å². The molecule has 0 radical (unpaired) electrons. The first kappa shape index (κ1) is 11.6. The van der Waals surface area contributed by atoms with E-state index in [0.717, 1.165) is 5.57 Å². The Labute approximate surface area is 99.4 Å². The highest BCUT2D eigenvalue weighted by Crippen LogP contribution is 2.26. The molecule has 0 aromatic heterocycles. The zero-order chi connectivity index (χ0) is 12.4. The molecule has 0 amide bonds. The molecule has 17 heavy (non-hydrogen) atoms. The maximum absolute atomic E-state index is 12.8. The summed E-state index contributed by atoms with van der Waals surface area (Å²) in [6.07, 6.45) is 2.14. The average molecular weight is 232 g/mol. The van der Waals surface area contributed by atoms with Crippen LogP contribution in [0.3, 0.4) is 0 Å². The molecule has 0 spiro atoms. The van der Waals surface area contributed by atoms with Crippen molar-refractivity contribution in [2.45, 2.75) is 19.4 Å². The fraction of sp³-hybridized carbons (Fsp3) is 0.214. The van der Waals surface area contributed by atoms with Crippen LogP contribution in [0, 0.1) is 5.82 Å². The third-order valence-electron chi connectivity index (χ3n) is 2.54. The lowest BCUT2D eigenvalue weighted by Gasteiger charge is -2.06. The van der Waals surface area contributed by atoms with Gasteiger partial charge in [0.2, 0.25) is 0 Å². The number of hydrogen-bond acceptors (Lipinski definition) is 2. The topological polar surface area (TPSA) is 26.3 Å². The summed E-state index contributed by atoms with van der Waals surface area (Å²) in [5.74, 6) is -0.679. The fourth-order valence-corrected chi connectivity index (χ4v) is 1.78. The van der Waals surface area contributed by atoms with Crippen LogP contribution in [0.5, 0.6) is 0 Å². The summed E-state index contributed by atoms with van der Waals surface area (Å²) in [6, 6.07) is 5.81. The van der Waals surface area contributed by atoms with Crippen LogP contribution < -0.4 is 0 Å². The van der Waals surface area contributed by atoms with Crippen molar-refractivity contribution in [1.82, 2.24) is 0 Å². The Hall–Kier alpha value is -1.90. The zero-order valence-corrected chi connectivity index (χ0v) is 9.57. The molecule has 0 saturated carbocycles. The first-order valence-electron chi connectivity index (χ1n) is 5.39. The lowest BCUT2D eigenvalue weighted by molar-refractivity contribution is -0.137. The van der Waals surface area contributed by atoms with Crippen LogP contribution in [0.4, 0.5) is 4.39 Å². The first-order chi connectivity index (χ1) is 8.06. The highest BCUT2D eigenvalue weighted by molar-refractivity contribution is 6.18. The van der Waals surface area contributed by atoms with Crippen LogP contribution in [0.1, 0.15) is 18.9 Å². The Morgan fingerprint density at radius 1 is 1.41 bits per heavy atom. The second-order valence-electron chi connectivity index (χ2n) is 4.19. The lowest BCUT2D eigenvalue weighted by atomic mass is 10.0. The van der Waals surface area contributed by atoms with Gasteiger partial charge in [0.05, 0.1) is 5.57 Å². The predicted molar refractivity (Wildman–Crippen MR) is 63.7 cm³/mol. The van der Waals surface area contributed by atoms with Crippen LogP contribution in [0.2, 0.25) is 0 Å². The molecular formula is C14H13FO2. The van der Waals surface area contributed by atoms with Gasteiger partial charge in [-0.3, -0.25) is 0 Å². The van der Waals surface area contributed by atoms with Crippen molar-refractivity contribution in [2.24, 2.45) is 0 Å². The smallest absolute Gasteiger partial charge is 0.339 e. The second-order valence-corrected chi connectivity index (χ2v) is 4.19. The standard InChI is InChI=1S/C14H13FO2/c1-9(2)7-12-8-13(14(16)17-12)10-3-5-11(15)6-4-10/h3-6,8,12H,1,7H2,2H3/t12-/m1/s1. The number of benzene rings is 1. The Morgan fingerprint density at radius 2 is 2.06 bits per heavy atom. The number of carbonyl (C=O) groups is 1. The Kier molecular flexibility index (Phi) is 3.09. The lowest BCUT2D eigenvalue weighted by Crippen LogP contribution is -2.08. The van der Waals surface area contributed by atoms with Gasteiger partial charge in [-0.05, 0) is 30.7 Å². The van der Waals surface area contributed by atoms with Crippen molar-refractivity contribution in [2.75, 3.05) is 0 Å². The van der Waals surface area contributed by atoms with Crippen molar-refractivity contribution >= 4 is 11.5 Å². The predicted octanol–water partition coefficient (Wildman–Crippen LogP) is 3.10. The Balaban J connectivity index is 2.23. The van der Waals surface area contributed by atoms with Crippen LogP contribution >= 0.6 is 0 Å². The van der Waals surface area contributed by atoms with E-state index in [1.165, 1.54) is 12.1 Å². The van der Waals surface area contributed by atoms with Gasteiger partial charge in [-0.2, -0.15) is 0 Å². The number of carbonyl (C=O) groups excluding carboxylic acids is 1. The second kappa shape index (κ2) is 4.53. The van der Waals surface area contributed by atoms with Crippen molar-refractivity contribution in [3.8, 4) is 0 Å². The normalized spacial score (nSPS) is 18.8. The summed E-state index contributed by atoms with van der Waals surface area (Å²) in [4.78, 5) is 11.6. The van der Waals surface area contributed by atoms with Gasteiger partial charge in [-0.25, -0.2) is 9.18 Å². The molecule has 0 aliphatic carbocycles. The van der Waals surface area contributed by atoms with Gasteiger partial charge in [0, 0.05) is 6.42 Å². The fourth-order valence-electron chi connectivity index (χ4n) is 1.78. The number of cyclic esters (lactones) is 1. The zero-order valence-electron chi connectivity index (χ0n) is 9.57. The van der Waals surface area contributed by atoms with E-state index < -0.39 is 0 Å². The van der Waals surface area contributed by atoms with Crippen LogP contribution in [0.25, 0.3) is 5.57 Å². The van der Waals surface area contributed by atoms with Crippen molar-refractivity contribution in [3.05, 3.63) is 53.9 Å². The first-order valence-corrected chi connectivity index (χ1v) is 5.39. The summed E-state index contributed by atoms with van der Waals surface area (Å²) in [6.45, 7) is 5.67. The number of halogens is 1. The van der Waals surface area contributed by atoms with Crippen molar-refractivity contribution in [3.63, 3.8) is 0 Å². The molecule has 0 unspecified atom stereocenters. The molecule has 1 aliphatic heterocycles. The van der Waals surface area contributed by atoms with Gasteiger partial charge >= 0.3 is 5.97 Å². The molecule has 0 N–H and O–H groups in total. The minimum Gasteiger partial charge on any atom is -0.454 e. The van der Waals surface area contributed by atoms with Gasteiger partial charge in [-0.1, -0.05) is 24.3 Å². The Bertz CT molecular complexity index is 485. The van der Waals surface area contributed by atoms with E-state index in [1.807, 2.05) is 6.92 Å². The number of rotatable bonds is 3. The van der Waals surface area contributed by atoms with Crippen LogP contribution in [-0.4, -0.2) is 12.1 Å². The highest BCUT2D eigenvalue weighted by Gasteiger charge is 2.26. The molecule has 2 nitrogen and oxygen atoms in total. The number of esters is 1. The van der Waals surface area contributed by atoms with E-state index in [0.29, 0.717) is 17.6 Å². The number of hydrogen-bond donors (Lipinski definition) is 0. The van der Waals surface area contributed by atoms with Gasteiger partial charge in [0.15, 0.2) is 0 Å². The van der Waals surface area contributed by atoms with Gasteiger partial charge < -0.3 is 4.74 Å². The van der Waals surface area contributed by atoms with Gasteiger partial charge in [0.25, 0.3) is 0 Å². The van der Waals surface area contributed by atoms with Crippen LogP contribution in [-0.2, 0) is 9.53 Å². The average Bonchev–Trinajstić information content (AvgIpc) is 2.59. The maximum atomic E-state index is 12.8. The van der Waals surface area contributed by atoms with E-state index in [9.17, 15) is 9.18 Å². The molecule has 0 saturated heterocycles. The summed E-state index contributed by atoms with van der Waals surface area (Å²) >= 11 is 0. The SMILES string of the molecule is C=C(C)C[C@@H]1C=C(c2ccc(F)cc2)C(=O)O1. The van der Waals surface area contributed by atoms with E-state index in [-0.39, 0.29) is 17.9 Å². The quantitative estimate of drug-likeness (QED) is 0.591. The van der Waals surface area contributed by atoms with Crippen molar-refractivity contribution < 1.29 is 13.9 Å². The minimum atomic E-state index is -0.358. The molecule has 0 bridgehead atoms. The summed E-state index contributed by atoms with van der Waals surface area (Å²) in [5, 5.41) is 0. The van der Waals surface area contributed by atoms with E-state index in [2.05, 4.69) is 6.58 Å². The molecule has 2 rings (SSSR count). The minimum absolute atomic E-state index is 0.250. The molecule has 3 heteroatoms. The summed E-state index contributed by atoms with van der Waals surface area (Å²) in [5.41, 5.74) is 2.14. The largest absolute Gasteiger partial charge is 0.454 e. The summed E-state index contributed by atoms with van der Waals surface area (Å²) < 4.78 is 18.0. The van der Waals surface area contributed by atoms with Gasteiger partial charge in [-0.15, -0.1) is 0 Å². The van der Waals surface area contributed by atoms with E-state index >= 15 is 0 Å². The third-order valence-corrected chi connectivity index (χ3v) is 2.54. The maximum Gasteiger partial charge on any atom is 0.339 e. The van der Waals surface area contributed by atoms with Crippen LogP contribution in [0.15, 0.2) is 42.5 Å². The Morgan fingerprint density at radius 3 is 2.65 bits per heavy atom. The molecular weight excluding hydrogens is 219 g/mol. The molecule has 88 valence electrons. The molecule has 1 aliphatic rings. The molecule has 0 fully saturated rings. The van der Waals surface area contributed by atoms with Crippen molar-refractivity contribution in [1.29, 1.82) is 0 Å². The molecule has 1 aromatic carbocycles. The van der Waals surface area contributed by atoms with E-state index in [4.69, 9.17) is 4.74 Å². The summed E-state index contributed by atoms with van der Waals surface area (Å²) in [7, 11) is 0. The highest BCUT2D eigenvalue weighted by atomic mass is 19.1.